The van der Waals surface area contributed by atoms with Crippen LogP contribution < -0.4 is 4.90 Å². The van der Waals surface area contributed by atoms with Crippen molar-refractivity contribution in [1.29, 1.82) is 0 Å². The van der Waals surface area contributed by atoms with Crippen molar-refractivity contribution in [3.8, 4) is 0 Å². The van der Waals surface area contributed by atoms with Crippen LogP contribution >= 0.6 is 0 Å². The number of rotatable bonds is 4. The summed E-state index contributed by atoms with van der Waals surface area (Å²) in [6.07, 6.45) is 1.07. The number of carbonyl (C=O) groups is 1. The predicted molar refractivity (Wildman–Crippen MR) is 53.0 cm³/mol. The number of hydrogen-bond donors (Lipinski definition) is 2. The van der Waals surface area contributed by atoms with Gasteiger partial charge >= 0.3 is 5.97 Å². The lowest BCUT2D eigenvalue weighted by Crippen LogP contribution is -2.36. The molecule has 84 valence electrons. The van der Waals surface area contributed by atoms with Crippen molar-refractivity contribution in [3.05, 3.63) is 12.0 Å². The van der Waals surface area contributed by atoms with Gasteiger partial charge in [-0.1, -0.05) is 0 Å². The Labute approximate surface area is 87.1 Å². The minimum absolute atomic E-state index is 0.146. The maximum absolute atomic E-state index is 10.5. The van der Waals surface area contributed by atoms with E-state index in [-0.39, 0.29) is 11.7 Å². The second kappa shape index (κ2) is 3.90. The Morgan fingerprint density at radius 3 is 2.67 bits per heavy atom. The van der Waals surface area contributed by atoms with Gasteiger partial charge in [0.2, 0.25) is 0 Å². The maximum atomic E-state index is 10.5. The lowest BCUT2D eigenvalue weighted by molar-refractivity contribution is 0.0690. The molecule has 6 heteroatoms. The quantitative estimate of drug-likeness (QED) is 0.762. The first-order chi connectivity index (χ1) is 6.79. The molecule has 0 radical (unpaired) electrons. The van der Waals surface area contributed by atoms with Crippen molar-refractivity contribution in [2.24, 2.45) is 0 Å². The van der Waals surface area contributed by atoms with E-state index in [2.05, 4.69) is 4.98 Å². The van der Waals surface area contributed by atoms with E-state index in [9.17, 15) is 9.90 Å². The molecule has 0 spiro atoms. The molecule has 0 fully saturated rings. The van der Waals surface area contributed by atoms with Gasteiger partial charge < -0.3 is 19.5 Å². The molecule has 0 bridgehead atoms. The van der Waals surface area contributed by atoms with Crippen LogP contribution in [-0.2, 0) is 0 Å². The Morgan fingerprint density at radius 2 is 2.27 bits per heavy atom. The summed E-state index contributed by atoms with van der Waals surface area (Å²) < 4.78 is 4.96. The number of anilines is 1. The SMILES string of the molecule is CN(CC(C)(C)O)c1nc(C(=O)O)co1. The highest BCUT2D eigenvalue weighted by Crippen LogP contribution is 2.14. The first-order valence-electron chi connectivity index (χ1n) is 4.42. The highest BCUT2D eigenvalue weighted by atomic mass is 16.4. The van der Waals surface area contributed by atoms with Gasteiger partial charge in [0.15, 0.2) is 5.69 Å². The number of aliphatic hydroxyl groups is 1. The van der Waals surface area contributed by atoms with E-state index in [0.717, 1.165) is 6.26 Å². The zero-order chi connectivity index (χ0) is 11.6. The van der Waals surface area contributed by atoms with Crippen molar-refractivity contribution in [2.75, 3.05) is 18.5 Å². The van der Waals surface area contributed by atoms with Crippen molar-refractivity contribution in [3.63, 3.8) is 0 Å². The molecule has 1 rings (SSSR count). The number of oxazole rings is 1. The monoisotopic (exact) mass is 214 g/mol. The second-order valence-electron chi connectivity index (χ2n) is 3.99. The minimum atomic E-state index is -1.14. The molecule has 1 heterocycles. The zero-order valence-electron chi connectivity index (χ0n) is 8.89. The van der Waals surface area contributed by atoms with Gasteiger partial charge in [0.1, 0.15) is 6.26 Å². The lowest BCUT2D eigenvalue weighted by atomic mass is 10.1. The van der Waals surface area contributed by atoms with Crippen molar-refractivity contribution in [1.82, 2.24) is 4.98 Å². The molecule has 0 saturated heterocycles. The summed E-state index contributed by atoms with van der Waals surface area (Å²) in [5.41, 5.74) is -1.04. The fraction of sp³-hybridized carbons (Fsp3) is 0.556. The number of carboxylic acids is 1. The number of carboxylic acid groups (broad SMARTS) is 1. The predicted octanol–water partition coefficient (Wildman–Crippen LogP) is 0.580. The van der Waals surface area contributed by atoms with E-state index in [1.807, 2.05) is 0 Å². The molecule has 15 heavy (non-hydrogen) atoms. The largest absolute Gasteiger partial charge is 0.476 e. The third kappa shape index (κ3) is 3.25. The molecule has 0 atom stereocenters. The van der Waals surface area contributed by atoms with Crippen LogP contribution in [0.2, 0.25) is 0 Å². The molecule has 0 aliphatic heterocycles. The van der Waals surface area contributed by atoms with Gasteiger partial charge in [-0.15, -0.1) is 0 Å². The molecule has 6 nitrogen and oxygen atoms in total. The standard InChI is InChI=1S/C9H14N2O4/c1-9(2,14)5-11(3)8-10-6(4-15-8)7(12)13/h4,14H,5H2,1-3H3,(H,12,13). The molecule has 0 amide bonds. The van der Waals surface area contributed by atoms with E-state index in [0.29, 0.717) is 6.54 Å². The van der Waals surface area contributed by atoms with Crippen LogP contribution in [0.4, 0.5) is 6.01 Å². The van der Waals surface area contributed by atoms with Crippen molar-refractivity contribution < 1.29 is 19.4 Å². The van der Waals surface area contributed by atoms with Crippen LogP contribution in [0.3, 0.4) is 0 Å². The normalized spacial score (nSPS) is 11.5. The fourth-order valence-electron chi connectivity index (χ4n) is 1.19. The molecular weight excluding hydrogens is 200 g/mol. The van der Waals surface area contributed by atoms with Gasteiger partial charge in [0.05, 0.1) is 12.1 Å². The Bertz CT molecular complexity index is 353. The van der Waals surface area contributed by atoms with Gasteiger partial charge in [-0.3, -0.25) is 0 Å². The van der Waals surface area contributed by atoms with Crippen LogP contribution in [0.5, 0.6) is 0 Å². The molecule has 0 saturated carbocycles. The Kier molecular flexibility index (Phi) is 2.99. The third-order valence-corrected chi connectivity index (χ3v) is 1.66. The maximum Gasteiger partial charge on any atom is 0.357 e. The molecular formula is C9H14N2O4. The Morgan fingerprint density at radius 1 is 1.67 bits per heavy atom. The average molecular weight is 214 g/mol. The zero-order valence-corrected chi connectivity index (χ0v) is 8.89. The van der Waals surface area contributed by atoms with Crippen molar-refractivity contribution >= 4 is 12.0 Å². The van der Waals surface area contributed by atoms with E-state index in [4.69, 9.17) is 9.52 Å². The van der Waals surface area contributed by atoms with E-state index < -0.39 is 11.6 Å². The summed E-state index contributed by atoms with van der Waals surface area (Å²) in [4.78, 5) is 15.8. The topological polar surface area (TPSA) is 86.8 Å². The number of aromatic nitrogens is 1. The smallest absolute Gasteiger partial charge is 0.357 e. The van der Waals surface area contributed by atoms with E-state index in [1.54, 1.807) is 25.8 Å². The number of nitrogens with zero attached hydrogens (tertiary/aromatic N) is 2. The summed E-state index contributed by atoms with van der Waals surface area (Å²) in [6, 6.07) is 0.175. The van der Waals surface area contributed by atoms with Gasteiger partial charge in [-0.05, 0) is 13.8 Å². The minimum Gasteiger partial charge on any atom is -0.476 e. The summed E-state index contributed by atoms with van der Waals surface area (Å²) in [7, 11) is 1.66. The summed E-state index contributed by atoms with van der Waals surface area (Å²) in [5.74, 6) is -1.14. The van der Waals surface area contributed by atoms with E-state index in [1.165, 1.54) is 0 Å². The molecule has 0 aliphatic rings. The lowest BCUT2D eigenvalue weighted by Gasteiger charge is -2.23. The highest BCUT2D eigenvalue weighted by Gasteiger charge is 2.20. The molecule has 0 unspecified atom stereocenters. The van der Waals surface area contributed by atoms with Gasteiger partial charge in [0, 0.05) is 7.05 Å². The van der Waals surface area contributed by atoms with Gasteiger partial charge in [-0.25, -0.2) is 4.79 Å². The molecule has 1 aromatic rings. The van der Waals surface area contributed by atoms with Crippen LogP contribution in [0.1, 0.15) is 24.3 Å². The number of likely N-dealkylation sites (N-methyl/N-ethyl adjacent to an activating group) is 1. The van der Waals surface area contributed by atoms with Crippen LogP contribution in [-0.4, -0.2) is 40.4 Å². The van der Waals surface area contributed by atoms with Gasteiger partial charge in [-0.2, -0.15) is 4.98 Å². The molecule has 0 aromatic carbocycles. The third-order valence-electron chi connectivity index (χ3n) is 1.66. The fourth-order valence-corrected chi connectivity index (χ4v) is 1.19. The first kappa shape index (κ1) is 11.5. The number of aromatic carboxylic acids is 1. The Balaban J connectivity index is 2.74. The summed E-state index contributed by atoms with van der Waals surface area (Å²) in [6.45, 7) is 3.58. The first-order valence-corrected chi connectivity index (χ1v) is 4.42. The number of hydrogen-bond acceptors (Lipinski definition) is 5. The van der Waals surface area contributed by atoms with Gasteiger partial charge in [0.25, 0.3) is 6.01 Å². The molecule has 1 aromatic heterocycles. The average Bonchev–Trinajstić information content (AvgIpc) is 2.47. The summed E-state index contributed by atoms with van der Waals surface area (Å²) >= 11 is 0. The molecule has 2 N–H and O–H groups in total. The Hall–Kier alpha value is -1.56. The van der Waals surface area contributed by atoms with E-state index >= 15 is 0 Å². The van der Waals surface area contributed by atoms with Crippen molar-refractivity contribution in [2.45, 2.75) is 19.4 Å². The highest BCUT2D eigenvalue weighted by molar-refractivity contribution is 5.85. The summed E-state index contributed by atoms with van der Waals surface area (Å²) in [5, 5.41) is 18.2. The molecule has 0 aliphatic carbocycles. The van der Waals surface area contributed by atoms with Crippen LogP contribution in [0.15, 0.2) is 10.7 Å². The van der Waals surface area contributed by atoms with Crippen LogP contribution in [0, 0.1) is 0 Å². The van der Waals surface area contributed by atoms with Crippen LogP contribution in [0.25, 0.3) is 0 Å². The second-order valence-corrected chi connectivity index (χ2v) is 3.99.